The first-order valence-electron chi connectivity index (χ1n) is 9.89. The van der Waals surface area contributed by atoms with Crippen molar-refractivity contribution < 1.29 is 29.0 Å². The van der Waals surface area contributed by atoms with E-state index in [0.717, 1.165) is 5.56 Å². The highest BCUT2D eigenvalue weighted by molar-refractivity contribution is 5.72. The number of rotatable bonds is 9. The van der Waals surface area contributed by atoms with Gasteiger partial charge in [0.1, 0.15) is 6.33 Å². The molecule has 1 aromatic heterocycles. The number of methoxy groups -OCH3 is 3. The van der Waals surface area contributed by atoms with Crippen molar-refractivity contribution in [2.45, 2.75) is 19.4 Å². The van der Waals surface area contributed by atoms with E-state index in [-0.39, 0.29) is 23.9 Å². The lowest BCUT2D eigenvalue weighted by molar-refractivity contribution is -0.383. The van der Waals surface area contributed by atoms with E-state index in [0.29, 0.717) is 43.2 Å². The SMILES string of the molecule is COc1cc(CNc2ncnc(N3CCC(C(=O)O)CC3)c2[N+](=O)[O-])cc(OC)c1OC. The molecule has 0 radical (unpaired) electrons. The maximum Gasteiger partial charge on any atom is 0.353 e. The lowest BCUT2D eigenvalue weighted by Gasteiger charge is -2.30. The molecule has 0 unspecified atom stereocenters. The Hall–Kier alpha value is -3.83. The molecule has 1 saturated heterocycles. The van der Waals surface area contributed by atoms with Gasteiger partial charge < -0.3 is 29.5 Å². The summed E-state index contributed by atoms with van der Waals surface area (Å²) in [4.78, 5) is 32.4. The van der Waals surface area contributed by atoms with E-state index in [1.807, 2.05) is 0 Å². The highest BCUT2D eigenvalue weighted by Crippen LogP contribution is 2.39. The van der Waals surface area contributed by atoms with Crippen LogP contribution in [-0.4, -0.2) is 60.4 Å². The summed E-state index contributed by atoms with van der Waals surface area (Å²) in [7, 11) is 4.51. The predicted molar refractivity (Wildman–Crippen MR) is 115 cm³/mol. The number of benzene rings is 1. The number of ether oxygens (including phenoxy) is 3. The second-order valence-electron chi connectivity index (χ2n) is 7.14. The van der Waals surface area contributed by atoms with Crippen LogP contribution in [-0.2, 0) is 11.3 Å². The van der Waals surface area contributed by atoms with E-state index in [9.17, 15) is 20.0 Å². The monoisotopic (exact) mass is 447 g/mol. The molecule has 32 heavy (non-hydrogen) atoms. The fourth-order valence-electron chi connectivity index (χ4n) is 3.66. The third kappa shape index (κ3) is 4.74. The average molecular weight is 447 g/mol. The van der Waals surface area contributed by atoms with E-state index in [1.165, 1.54) is 27.7 Å². The number of aromatic nitrogens is 2. The Bertz CT molecular complexity index is 967. The number of nitro groups is 1. The Morgan fingerprint density at radius 3 is 2.31 bits per heavy atom. The lowest BCUT2D eigenvalue weighted by Crippen LogP contribution is -2.37. The van der Waals surface area contributed by atoms with Crippen LogP contribution < -0.4 is 24.4 Å². The number of anilines is 2. The fourth-order valence-corrected chi connectivity index (χ4v) is 3.66. The largest absolute Gasteiger partial charge is 0.493 e. The van der Waals surface area contributed by atoms with Gasteiger partial charge in [0.15, 0.2) is 11.5 Å². The van der Waals surface area contributed by atoms with Gasteiger partial charge in [-0.3, -0.25) is 14.9 Å². The molecule has 2 aromatic rings. The molecule has 3 rings (SSSR count). The molecule has 1 aliphatic rings. The maximum absolute atomic E-state index is 11.9. The summed E-state index contributed by atoms with van der Waals surface area (Å²) in [5, 5.41) is 24.0. The molecular formula is C20H25N5O7. The Balaban J connectivity index is 1.84. The zero-order valence-corrected chi connectivity index (χ0v) is 18.0. The summed E-state index contributed by atoms with van der Waals surface area (Å²) in [5.41, 5.74) is 0.477. The molecule has 0 spiro atoms. The first-order valence-corrected chi connectivity index (χ1v) is 9.89. The van der Waals surface area contributed by atoms with Gasteiger partial charge in [-0.1, -0.05) is 0 Å². The molecule has 12 nitrogen and oxygen atoms in total. The van der Waals surface area contributed by atoms with Gasteiger partial charge in [-0.2, -0.15) is 0 Å². The molecule has 2 N–H and O–H groups in total. The van der Waals surface area contributed by atoms with Gasteiger partial charge in [0.25, 0.3) is 0 Å². The van der Waals surface area contributed by atoms with Crippen LogP contribution in [0.3, 0.4) is 0 Å². The number of hydrogen-bond acceptors (Lipinski definition) is 10. The Kier molecular flexibility index (Phi) is 7.13. The molecule has 1 aromatic carbocycles. The molecule has 12 heteroatoms. The van der Waals surface area contributed by atoms with Crippen molar-refractivity contribution in [3.05, 3.63) is 34.1 Å². The van der Waals surface area contributed by atoms with Crippen molar-refractivity contribution in [3.63, 3.8) is 0 Å². The number of aliphatic carboxylic acids is 1. The topological polar surface area (TPSA) is 149 Å². The van der Waals surface area contributed by atoms with Crippen LogP contribution >= 0.6 is 0 Å². The summed E-state index contributed by atoms with van der Waals surface area (Å²) in [6, 6.07) is 3.47. The smallest absolute Gasteiger partial charge is 0.353 e. The normalized spacial score (nSPS) is 14.0. The fraction of sp³-hybridized carbons (Fsp3) is 0.450. The minimum Gasteiger partial charge on any atom is -0.493 e. The summed E-state index contributed by atoms with van der Waals surface area (Å²) in [6.07, 6.45) is 2.04. The van der Waals surface area contributed by atoms with Crippen molar-refractivity contribution in [1.82, 2.24) is 9.97 Å². The molecule has 2 heterocycles. The van der Waals surface area contributed by atoms with Crippen LogP contribution in [0, 0.1) is 16.0 Å². The summed E-state index contributed by atoms with van der Waals surface area (Å²) < 4.78 is 16.0. The van der Waals surface area contributed by atoms with Crippen molar-refractivity contribution in [1.29, 1.82) is 0 Å². The number of carbonyl (C=O) groups is 1. The number of nitrogens with one attached hydrogen (secondary N) is 1. The zero-order valence-electron chi connectivity index (χ0n) is 18.0. The summed E-state index contributed by atoms with van der Waals surface area (Å²) in [6.45, 7) is 0.928. The van der Waals surface area contributed by atoms with Gasteiger partial charge in [0, 0.05) is 19.6 Å². The van der Waals surface area contributed by atoms with E-state index >= 15 is 0 Å². The Morgan fingerprint density at radius 1 is 1.19 bits per heavy atom. The molecule has 1 aliphatic heterocycles. The van der Waals surface area contributed by atoms with Crippen LogP contribution in [0.25, 0.3) is 0 Å². The van der Waals surface area contributed by atoms with Crippen molar-refractivity contribution in [3.8, 4) is 17.2 Å². The quantitative estimate of drug-likeness (QED) is 0.431. The van der Waals surface area contributed by atoms with Crippen molar-refractivity contribution in [2.75, 3.05) is 44.6 Å². The zero-order chi connectivity index (χ0) is 23.3. The maximum atomic E-state index is 11.9. The van der Waals surface area contributed by atoms with E-state index in [2.05, 4.69) is 15.3 Å². The van der Waals surface area contributed by atoms with E-state index in [1.54, 1.807) is 17.0 Å². The molecule has 0 bridgehead atoms. The van der Waals surface area contributed by atoms with E-state index < -0.39 is 16.8 Å². The van der Waals surface area contributed by atoms with Gasteiger partial charge in [-0.05, 0) is 30.5 Å². The van der Waals surface area contributed by atoms with Crippen LogP contribution in [0.5, 0.6) is 17.2 Å². The van der Waals surface area contributed by atoms with Crippen molar-refractivity contribution >= 4 is 23.3 Å². The van der Waals surface area contributed by atoms with Gasteiger partial charge in [0.2, 0.25) is 17.4 Å². The second kappa shape index (κ2) is 9.98. The molecule has 172 valence electrons. The Morgan fingerprint density at radius 2 is 1.81 bits per heavy atom. The molecule has 0 atom stereocenters. The minimum atomic E-state index is -0.852. The van der Waals surface area contributed by atoms with Crippen LogP contribution in [0.15, 0.2) is 18.5 Å². The first kappa shape index (κ1) is 22.8. The summed E-state index contributed by atoms with van der Waals surface area (Å²) in [5.74, 6) is 0.291. The van der Waals surface area contributed by atoms with E-state index in [4.69, 9.17) is 14.2 Å². The number of nitrogens with zero attached hydrogens (tertiary/aromatic N) is 4. The average Bonchev–Trinajstić information content (AvgIpc) is 2.81. The van der Waals surface area contributed by atoms with Gasteiger partial charge in [-0.15, -0.1) is 0 Å². The van der Waals surface area contributed by atoms with Gasteiger partial charge >= 0.3 is 11.7 Å². The number of piperidine rings is 1. The van der Waals surface area contributed by atoms with Crippen LogP contribution in [0.2, 0.25) is 0 Å². The molecular weight excluding hydrogens is 422 g/mol. The lowest BCUT2D eigenvalue weighted by atomic mass is 9.97. The standard InChI is InChI=1S/C20H25N5O7/c1-30-14-8-12(9-15(31-2)17(14)32-3)10-21-18-16(25(28)29)19(23-11-22-18)24-6-4-13(5-7-24)20(26)27/h8-9,11,13H,4-7,10H2,1-3H3,(H,26,27)(H,21,22,23). The third-order valence-corrected chi connectivity index (χ3v) is 5.31. The number of carboxylic acids is 1. The molecule has 0 saturated carbocycles. The highest BCUT2D eigenvalue weighted by Gasteiger charge is 2.31. The van der Waals surface area contributed by atoms with Gasteiger partial charge in [-0.25, -0.2) is 9.97 Å². The summed E-state index contributed by atoms with van der Waals surface area (Å²) >= 11 is 0. The molecule has 1 fully saturated rings. The van der Waals surface area contributed by atoms with Crippen molar-refractivity contribution in [2.24, 2.45) is 5.92 Å². The minimum absolute atomic E-state index is 0.0640. The van der Waals surface area contributed by atoms with Crippen LogP contribution in [0.1, 0.15) is 18.4 Å². The third-order valence-electron chi connectivity index (χ3n) is 5.31. The highest BCUT2D eigenvalue weighted by atomic mass is 16.6. The predicted octanol–water partition coefficient (Wildman–Crippen LogP) is 2.32. The molecule has 0 amide bonds. The molecule has 0 aliphatic carbocycles. The first-order chi connectivity index (χ1) is 15.4. The number of hydrogen-bond donors (Lipinski definition) is 2. The number of carboxylic acid groups (broad SMARTS) is 1. The van der Waals surface area contributed by atoms with Gasteiger partial charge in [0.05, 0.1) is 32.2 Å². The van der Waals surface area contributed by atoms with Crippen LogP contribution in [0.4, 0.5) is 17.3 Å². The second-order valence-corrected chi connectivity index (χ2v) is 7.14. The Labute approximate surface area is 184 Å².